The fraction of sp³-hybridized carbons (Fsp3) is 0.619. The van der Waals surface area contributed by atoms with E-state index in [9.17, 15) is 9.59 Å². The molecule has 1 unspecified atom stereocenters. The number of anilines is 1. The fourth-order valence-corrected chi connectivity index (χ4v) is 3.86. The molecule has 1 heterocycles. The van der Waals surface area contributed by atoms with E-state index in [4.69, 9.17) is 0 Å². The van der Waals surface area contributed by atoms with Crippen LogP contribution >= 0.6 is 12.4 Å². The number of halogens is 1. The summed E-state index contributed by atoms with van der Waals surface area (Å²) < 4.78 is 0. The van der Waals surface area contributed by atoms with E-state index < -0.39 is 0 Å². The lowest BCUT2D eigenvalue weighted by atomic mass is 9.84. The van der Waals surface area contributed by atoms with Gasteiger partial charge in [-0.05, 0) is 68.3 Å². The Labute approximate surface area is 168 Å². The summed E-state index contributed by atoms with van der Waals surface area (Å²) in [5.74, 6) is 1.28. The number of benzene rings is 1. The van der Waals surface area contributed by atoms with Crippen molar-refractivity contribution in [2.24, 2.45) is 11.8 Å². The Morgan fingerprint density at radius 3 is 2.33 bits per heavy atom. The summed E-state index contributed by atoms with van der Waals surface area (Å²) in [7, 11) is 0. The first-order chi connectivity index (χ1) is 12.5. The zero-order valence-electron chi connectivity index (χ0n) is 16.4. The standard InChI is InChI=1S/C21H31N3O2.ClH/c1-15(18-9-11-22-12-10-18)13-21(26)23-19-5-3-17(4-6-19)14-24(16(2)25)20-7-8-20;/h3-6,15,18,20,22H,7-14H2,1-2H3,(H,23,26);1H. The van der Waals surface area contributed by atoms with Gasteiger partial charge in [-0.15, -0.1) is 12.4 Å². The maximum absolute atomic E-state index is 12.3. The van der Waals surface area contributed by atoms with Crippen LogP contribution in [0.4, 0.5) is 5.69 Å². The molecule has 6 heteroatoms. The molecule has 0 aromatic heterocycles. The highest BCUT2D eigenvalue weighted by Crippen LogP contribution is 2.29. The lowest BCUT2D eigenvalue weighted by molar-refractivity contribution is -0.130. The summed E-state index contributed by atoms with van der Waals surface area (Å²) in [5.41, 5.74) is 1.94. The van der Waals surface area contributed by atoms with Crippen molar-refractivity contribution < 1.29 is 9.59 Å². The van der Waals surface area contributed by atoms with Crippen LogP contribution in [0.1, 0.15) is 51.5 Å². The molecule has 1 aliphatic carbocycles. The molecule has 1 saturated heterocycles. The molecule has 0 radical (unpaired) electrons. The summed E-state index contributed by atoms with van der Waals surface area (Å²) in [6.07, 6.45) is 5.13. The van der Waals surface area contributed by atoms with Crippen molar-refractivity contribution in [1.82, 2.24) is 10.2 Å². The van der Waals surface area contributed by atoms with Crippen LogP contribution in [0, 0.1) is 11.8 Å². The quantitative estimate of drug-likeness (QED) is 0.744. The Bertz CT molecular complexity index is 625. The molecule has 3 rings (SSSR count). The summed E-state index contributed by atoms with van der Waals surface area (Å²) in [6.45, 7) is 6.61. The second-order valence-corrected chi connectivity index (χ2v) is 7.89. The average molecular weight is 394 g/mol. The van der Waals surface area contributed by atoms with E-state index in [1.165, 1.54) is 0 Å². The SMILES string of the molecule is CC(=O)N(Cc1ccc(NC(=O)CC(C)C2CCNCC2)cc1)C1CC1.Cl. The second-order valence-electron chi connectivity index (χ2n) is 7.89. The zero-order valence-corrected chi connectivity index (χ0v) is 17.2. The monoisotopic (exact) mass is 393 g/mol. The lowest BCUT2D eigenvalue weighted by Gasteiger charge is -2.27. The Morgan fingerprint density at radius 1 is 1.15 bits per heavy atom. The zero-order chi connectivity index (χ0) is 18.5. The van der Waals surface area contributed by atoms with Crippen LogP contribution in [-0.4, -0.2) is 35.8 Å². The molecule has 1 atom stereocenters. The van der Waals surface area contributed by atoms with Crippen molar-refractivity contribution in [2.45, 2.75) is 58.5 Å². The van der Waals surface area contributed by atoms with Crippen LogP contribution in [0.15, 0.2) is 24.3 Å². The Kier molecular flexibility index (Phi) is 8.11. The molecular weight excluding hydrogens is 362 g/mol. The topological polar surface area (TPSA) is 61.4 Å². The average Bonchev–Trinajstić information content (AvgIpc) is 3.46. The van der Waals surface area contributed by atoms with Gasteiger partial charge in [0.2, 0.25) is 11.8 Å². The van der Waals surface area contributed by atoms with Crippen molar-refractivity contribution in [3.05, 3.63) is 29.8 Å². The first kappa shape index (κ1) is 21.7. The minimum Gasteiger partial charge on any atom is -0.336 e. The number of nitrogens with zero attached hydrogens (tertiary/aromatic N) is 1. The molecular formula is C21H32ClN3O2. The van der Waals surface area contributed by atoms with E-state index in [1.54, 1.807) is 6.92 Å². The van der Waals surface area contributed by atoms with Crippen LogP contribution in [0.5, 0.6) is 0 Å². The van der Waals surface area contributed by atoms with Gasteiger partial charge >= 0.3 is 0 Å². The molecule has 0 bridgehead atoms. The van der Waals surface area contributed by atoms with Crippen LogP contribution in [-0.2, 0) is 16.1 Å². The third-order valence-corrected chi connectivity index (χ3v) is 5.68. The normalized spacial score (nSPS) is 18.3. The predicted octanol–water partition coefficient (Wildman–Crippen LogP) is 3.58. The molecule has 2 N–H and O–H groups in total. The Balaban J connectivity index is 0.00000261. The molecule has 2 aliphatic rings. The van der Waals surface area contributed by atoms with Crippen molar-refractivity contribution in [3.63, 3.8) is 0 Å². The Morgan fingerprint density at radius 2 is 1.78 bits per heavy atom. The van der Waals surface area contributed by atoms with E-state index in [2.05, 4.69) is 17.6 Å². The number of nitrogens with one attached hydrogen (secondary N) is 2. The molecule has 150 valence electrons. The van der Waals surface area contributed by atoms with Gasteiger partial charge in [-0.1, -0.05) is 19.1 Å². The first-order valence-corrected chi connectivity index (χ1v) is 9.89. The number of carbonyl (C=O) groups excluding carboxylic acids is 2. The molecule has 1 aliphatic heterocycles. The van der Waals surface area contributed by atoms with Gasteiger partial charge in [0.05, 0.1) is 0 Å². The van der Waals surface area contributed by atoms with Gasteiger partial charge in [0, 0.05) is 31.6 Å². The third kappa shape index (κ3) is 6.51. The molecule has 2 amide bonds. The number of carbonyl (C=O) groups is 2. The molecule has 1 aromatic rings. The highest BCUT2D eigenvalue weighted by Gasteiger charge is 2.30. The molecule has 5 nitrogen and oxygen atoms in total. The van der Waals surface area contributed by atoms with Gasteiger partial charge in [-0.3, -0.25) is 9.59 Å². The van der Waals surface area contributed by atoms with Gasteiger partial charge in [0.15, 0.2) is 0 Å². The van der Waals surface area contributed by atoms with E-state index in [0.717, 1.165) is 50.0 Å². The molecule has 1 saturated carbocycles. The number of amides is 2. The van der Waals surface area contributed by atoms with Crippen molar-refractivity contribution in [2.75, 3.05) is 18.4 Å². The van der Waals surface area contributed by atoms with Gasteiger partial charge in [0.25, 0.3) is 0 Å². The maximum Gasteiger partial charge on any atom is 0.224 e. The minimum absolute atomic E-state index is 0. The Hall–Kier alpha value is -1.59. The summed E-state index contributed by atoms with van der Waals surface area (Å²) in [4.78, 5) is 26.0. The largest absolute Gasteiger partial charge is 0.336 e. The lowest BCUT2D eigenvalue weighted by Crippen LogP contribution is -2.32. The van der Waals surface area contributed by atoms with Crippen molar-refractivity contribution in [3.8, 4) is 0 Å². The number of hydrogen-bond acceptors (Lipinski definition) is 3. The van der Waals surface area contributed by atoms with Crippen molar-refractivity contribution in [1.29, 1.82) is 0 Å². The number of rotatable bonds is 7. The number of piperidine rings is 1. The third-order valence-electron chi connectivity index (χ3n) is 5.68. The minimum atomic E-state index is 0. The fourth-order valence-electron chi connectivity index (χ4n) is 3.86. The summed E-state index contributed by atoms with van der Waals surface area (Å²) in [6, 6.07) is 8.30. The van der Waals surface area contributed by atoms with Gasteiger partial charge in [-0.2, -0.15) is 0 Å². The highest BCUT2D eigenvalue weighted by atomic mass is 35.5. The molecule has 27 heavy (non-hydrogen) atoms. The second kappa shape index (κ2) is 10.1. The highest BCUT2D eigenvalue weighted by molar-refractivity contribution is 5.90. The van der Waals surface area contributed by atoms with Crippen LogP contribution in [0.3, 0.4) is 0 Å². The van der Waals surface area contributed by atoms with Crippen molar-refractivity contribution >= 4 is 29.9 Å². The summed E-state index contributed by atoms with van der Waals surface area (Å²) >= 11 is 0. The van der Waals surface area contributed by atoms with Crippen LogP contribution < -0.4 is 10.6 Å². The predicted molar refractivity (Wildman–Crippen MR) is 111 cm³/mol. The molecule has 0 spiro atoms. The smallest absolute Gasteiger partial charge is 0.224 e. The van der Waals surface area contributed by atoms with Crippen LogP contribution in [0.2, 0.25) is 0 Å². The first-order valence-electron chi connectivity index (χ1n) is 9.89. The summed E-state index contributed by atoms with van der Waals surface area (Å²) in [5, 5.41) is 6.39. The van der Waals surface area contributed by atoms with E-state index in [-0.39, 0.29) is 24.2 Å². The van der Waals surface area contributed by atoms with E-state index >= 15 is 0 Å². The molecule has 2 fully saturated rings. The molecule has 1 aromatic carbocycles. The van der Waals surface area contributed by atoms with E-state index in [0.29, 0.717) is 30.8 Å². The van der Waals surface area contributed by atoms with Gasteiger partial charge < -0.3 is 15.5 Å². The van der Waals surface area contributed by atoms with E-state index in [1.807, 2.05) is 29.2 Å². The van der Waals surface area contributed by atoms with Crippen LogP contribution in [0.25, 0.3) is 0 Å². The van der Waals surface area contributed by atoms with Gasteiger partial charge in [-0.25, -0.2) is 0 Å². The number of hydrogen-bond donors (Lipinski definition) is 2. The van der Waals surface area contributed by atoms with Gasteiger partial charge in [0.1, 0.15) is 0 Å². The maximum atomic E-state index is 12.3.